The Morgan fingerprint density at radius 1 is 1.08 bits per heavy atom. The summed E-state index contributed by atoms with van der Waals surface area (Å²) in [5.41, 5.74) is 0.491. The number of ether oxygens (including phenoxy) is 1. The van der Waals surface area contributed by atoms with E-state index in [1.807, 2.05) is 6.07 Å². The molecule has 2 fully saturated rings. The summed E-state index contributed by atoms with van der Waals surface area (Å²) in [4.78, 5) is 4.82. The van der Waals surface area contributed by atoms with E-state index in [-0.39, 0.29) is 24.8 Å². The fraction of sp³-hybridized carbons (Fsp3) is 0.579. The molecule has 2 N–H and O–H groups in total. The second kappa shape index (κ2) is 11.9. The van der Waals surface area contributed by atoms with Crippen molar-refractivity contribution in [1.82, 2.24) is 15.1 Å². The number of benzene rings is 1. The van der Waals surface area contributed by atoms with Crippen molar-refractivity contribution in [2.75, 3.05) is 65.6 Å². The molecule has 1 atom stereocenters. The van der Waals surface area contributed by atoms with Gasteiger partial charge in [0.2, 0.25) is 0 Å². The van der Waals surface area contributed by atoms with Gasteiger partial charge >= 0.3 is 0 Å². The molecule has 0 radical (unpaired) electrons. The number of halogens is 2. The van der Waals surface area contributed by atoms with Gasteiger partial charge < -0.3 is 15.2 Å². The number of β-amino-alcohol motifs (C(OH)–C–C–N with tert-alkyl or cyclic N) is 1. The monoisotopic (exact) mass is 403 g/mol. The van der Waals surface area contributed by atoms with E-state index in [2.05, 4.69) is 51.5 Å². The molecule has 0 spiro atoms. The Balaban J connectivity index is 0.00000169. The average Bonchev–Trinajstić information content (AvgIpc) is 2.82. The Labute approximate surface area is 169 Å². The molecule has 1 unspecified atom stereocenters. The molecule has 0 bridgehead atoms. The van der Waals surface area contributed by atoms with Gasteiger partial charge in [0, 0.05) is 52.4 Å². The highest BCUT2D eigenvalue weighted by Gasteiger charge is 2.32. The van der Waals surface area contributed by atoms with Crippen molar-refractivity contribution >= 4 is 30.9 Å². The van der Waals surface area contributed by atoms with Crippen molar-refractivity contribution in [3.05, 3.63) is 42.0 Å². The first-order valence-corrected chi connectivity index (χ1v) is 8.91. The van der Waals surface area contributed by atoms with Crippen LogP contribution >= 0.6 is 24.8 Å². The van der Waals surface area contributed by atoms with Crippen LogP contribution in [0.1, 0.15) is 5.56 Å². The zero-order valence-electron chi connectivity index (χ0n) is 15.2. The van der Waals surface area contributed by atoms with E-state index in [4.69, 9.17) is 4.74 Å². The molecule has 0 saturated carbocycles. The second-order valence-corrected chi connectivity index (χ2v) is 6.84. The fourth-order valence-corrected chi connectivity index (χ4v) is 3.33. The molecule has 26 heavy (non-hydrogen) atoms. The lowest BCUT2D eigenvalue weighted by Crippen LogP contribution is -2.56. The van der Waals surface area contributed by atoms with E-state index in [1.165, 1.54) is 5.56 Å². The molecule has 5 nitrogen and oxygen atoms in total. The first-order chi connectivity index (χ1) is 11.7. The van der Waals surface area contributed by atoms with Crippen LogP contribution in [0.5, 0.6) is 0 Å². The number of hydrogen-bond acceptors (Lipinski definition) is 5. The molecule has 2 saturated heterocycles. The summed E-state index contributed by atoms with van der Waals surface area (Å²) in [6, 6.07) is 10.4. The molecule has 0 aliphatic carbocycles. The smallest absolute Gasteiger partial charge is 0.113 e. The van der Waals surface area contributed by atoms with E-state index in [9.17, 15) is 5.11 Å². The van der Waals surface area contributed by atoms with Crippen molar-refractivity contribution in [1.29, 1.82) is 0 Å². The molecule has 2 aliphatic rings. The SMILES string of the molecule is Cl.Cl.OC1(CN2CCN(C/C=C/c3ccccc3)CC2)CNCCOC1. The summed E-state index contributed by atoms with van der Waals surface area (Å²) in [7, 11) is 0. The predicted octanol–water partition coefficient (Wildman–Crippen LogP) is 1.51. The summed E-state index contributed by atoms with van der Waals surface area (Å²) in [6.07, 6.45) is 4.42. The maximum absolute atomic E-state index is 10.7. The quantitative estimate of drug-likeness (QED) is 0.779. The van der Waals surface area contributed by atoms with Gasteiger partial charge in [0.05, 0.1) is 13.2 Å². The maximum atomic E-state index is 10.7. The minimum atomic E-state index is -0.758. The summed E-state index contributed by atoms with van der Waals surface area (Å²) >= 11 is 0. The van der Waals surface area contributed by atoms with Crippen LogP contribution in [0.25, 0.3) is 6.08 Å². The molecular formula is C19H31Cl2N3O2. The number of hydrogen-bond donors (Lipinski definition) is 2. The Hall–Kier alpha value is -0.660. The van der Waals surface area contributed by atoms with Crippen molar-refractivity contribution in [3.8, 4) is 0 Å². The highest BCUT2D eigenvalue weighted by atomic mass is 35.5. The molecule has 1 aromatic rings. The summed E-state index contributed by atoms with van der Waals surface area (Å²) in [5, 5.41) is 13.9. The van der Waals surface area contributed by atoms with Gasteiger partial charge in [0.15, 0.2) is 0 Å². The van der Waals surface area contributed by atoms with E-state index < -0.39 is 5.60 Å². The molecule has 2 aliphatic heterocycles. The topological polar surface area (TPSA) is 48.0 Å². The van der Waals surface area contributed by atoms with Crippen LogP contribution in [0.2, 0.25) is 0 Å². The molecule has 0 aromatic heterocycles. The third-order valence-corrected chi connectivity index (χ3v) is 4.70. The number of piperazine rings is 1. The van der Waals surface area contributed by atoms with E-state index in [0.29, 0.717) is 26.3 Å². The molecule has 3 rings (SSSR count). The molecule has 148 valence electrons. The second-order valence-electron chi connectivity index (χ2n) is 6.84. The van der Waals surface area contributed by atoms with Crippen LogP contribution in [-0.2, 0) is 4.74 Å². The van der Waals surface area contributed by atoms with Crippen LogP contribution < -0.4 is 5.32 Å². The Morgan fingerprint density at radius 2 is 1.77 bits per heavy atom. The van der Waals surface area contributed by atoms with Crippen LogP contribution in [0.3, 0.4) is 0 Å². The van der Waals surface area contributed by atoms with Gasteiger partial charge in [-0.15, -0.1) is 24.8 Å². The van der Waals surface area contributed by atoms with Gasteiger partial charge in [-0.1, -0.05) is 42.5 Å². The van der Waals surface area contributed by atoms with Gasteiger partial charge in [-0.3, -0.25) is 9.80 Å². The zero-order chi connectivity index (χ0) is 16.7. The van der Waals surface area contributed by atoms with Crippen molar-refractivity contribution in [3.63, 3.8) is 0 Å². The molecule has 2 heterocycles. The summed E-state index contributed by atoms with van der Waals surface area (Å²) in [6.45, 7) is 8.32. The van der Waals surface area contributed by atoms with Gasteiger partial charge in [0.25, 0.3) is 0 Å². The fourth-order valence-electron chi connectivity index (χ4n) is 3.33. The third kappa shape index (κ3) is 7.53. The normalized spacial score (nSPS) is 25.3. The lowest BCUT2D eigenvalue weighted by molar-refractivity contribution is -0.0547. The van der Waals surface area contributed by atoms with Gasteiger partial charge in [0.1, 0.15) is 5.60 Å². The molecule has 1 aromatic carbocycles. The first kappa shape index (κ1) is 23.4. The number of nitrogens with one attached hydrogen (secondary N) is 1. The molecular weight excluding hydrogens is 373 g/mol. The zero-order valence-corrected chi connectivity index (χ0v) is 16.8. The van der Waals surface area contributed by atoms with Crippen LogP contribution in [0.15, 0.2) is 36.4 Å². The Morgan fingerprint density at radius 3 is 2.50 bits per heavy atom. The number of rotatable bonds is 5. The molecule has 0 amide bonds. The lowest BCUT2D eigenvalue weighted by Gasteiger charge is -2.38. The van der Waals surface area contributed by atoms with Crippen molar-refractivity contribution in [2.45, 2.75) is 5.60 Å². The minimum absolute atomic E-state index is 0. The number of nitrogens with zero attached hydrogens (tertiary/aromatic N) is 2. The van der Waals surface area contributed by atoms with Crippen LogP contribution in [-0.4, -0.2) is 86.1 Å². The summed E-state index contributed by atoms with van der Waals surface area (Å²) in [5.74, 6) is 0. The van der Waals surface area contributed by atoms with E-state index in [1.54, 1.807) is 0 Å². The standard InChI is InChI=1S/C19H29N3O2.2ClH/c23-19(15-20-8-14-24-17-19)16-22-12-10-21(11-13-22)9-4-7-18-5-2-1-3-6-18;;/h1-7,20,23H,8-17H2;2*1H/b7-4+;;. The highest BCUT2D eigenvalue weighted by Crippen LogP contribution is 2.12. The van der Waals surface area contributed by atoms with Crippen molar-refractivity contribution < 1.29 is 9.84 Å². The van der Waals surface area contributed by atoms with Crippen LogP contribution in [0, 0.1) is 0 Å². The minimum Gasteiger partial charge on any atom is -0.385 e. The van der Waals surface area contributed by atoms with Crippen molar-refractivity contribution in [2.24, 2.45) is 0 Å². The van der Waals surface area contributed by atoms with Gasteiger partial charge in [-0.05, 0) is 5.56 Å². The van der Waals surface area contributed by atoms with Gasteiger partial charge in [-0.2, -0.15) is 0 Å². The summed E-state index contributed by atoms with van der Waals surface area (Å²) < 4.78 is 5.51. The highest BCUT2D eigenvalue weighted by molar-refractivity contribution is 5.85. The predicted molar refractivity (Wildman–Crippen MR) is 111 cm³/mol. The van der Waals surface area contributed by atoms with Crippen LogP contribution in [0.4, 0.5) is 0 Å². The Bertz CT molecular complexity index is 515. The lowest BCUT2D eigenvalue weighted by atomic mass is 10.0. The van der Waals surface area contributed by atoms with E-state index >= 15 is 0 Å². The largest absolute Gasteiger partial charge is 0.385 e. The molecule has 7 heteroatoms. The number of aliphatic hydroxyl groups is 1. The first-order valence-electron chi connectivity index (χ1n) is 8.91. The van der Waals surface area contributed by atoms with Gasteiger partial charge in [-0.25, -0.2) is 0 Å². The Kier molecular flexibility index (Phi) is 10.7. The average molecular weight is 404 g/mol. The maximum Gasteiger partial charge on any atom is 0.113 e. The van der Waals surface area contributed by atoms with E-state index in [0.717, 1.165) is 39.3 Å². The third-order valence-electron chi connectivity index (χ3n) is 4.70.